The van der Waals surface area contributed by atoms with Crippen molar-refractivity contribution < 1.29 is 5.11 Å². The highest BCUT2D eigenvalue weighted by molar-refractivity contribution is 5.18. The molecule has 0 aliphatic heterocycles. The molecule has 3 unspecified atom stereocenters. The maximum absolute atomic E-state index is 11.3. The fourth-order valence-electron chi connectivity index (χ4n) is 8.97. The van der Waals surface area contributed by atoms with Gasteiger partial charge in [0.25, 0.3) is 0 Å². The molecular weight excluding hydrogens is 330 g/mol. The van der Waals surface area contributed by atoms with E-state index in [1.807, 2.05) is 0 Å². The van der Waals surface area contributed by atoms with Gasteiger partial charge in [0.2, 0.25) is 0 Å². The van der Waals surface area contributed by atoms with Gasteiger partial charge >= 0.3 is 0 Å². The Labute approximate surface area is 168 Å². The number of hydrogen-bond acceptors (Lipinski definition) is 2. The maximum Gasteiger partial charge on any atom is 0.0727 e. The summed E-state index contributed by atoms with van der Waals surface area (Å²) in [5.41, 5.74) is 7.33. The van der Waals surface area contributed by atoms with Crippen LogP contribution in [0.5, 0.6) is 0 Å². The Balaban J connectivity index is 1.63. The molecule has 0 bridgehead atoms. The average Bonchev–Trinajstić information content (AvgIpc) is 2.97. The third kappa shape index (κ3) is 2.71. The van der Waals surface area contributed by atoms with Crippen LogP contribution >= 0.6 is 0 Å². The molecule has 4 aliphatic rings. The van der Waals surface area contributed by atoms with Crippen molar-refractivity contribution in [2.45, 2.75) is 116 Å². The number of unbranched alkanes of at least 4 members (excludes halogenated alkanes) is 2. The molecule has 27 heavy (non-hydrogen) atoms. The molecule has 0 saturated heterocycles. The molecule has 4 aliphatic carbocycles. The minimum absolute atomic E-state index is 0.142. The number of fused-ring (bicyclic) bond motifs is 5. The van der Waals surface area contributed by atoms with Gasteiger partial charge in [0.05, 0.1) is 6.10 Å². The van der Waals surface area contributed by atoms with E-state index in [9.17, 15) is 5.11 Å². The van der Waals surface area contributed by atoms with Crippen LogP contribution in [0.1, 0.15) is 105 Å². The minimum atomic E-state index is -0.334. The smallest absolute Gasteiger partial charge is 0.0727 e. The van der Waals surface area contributed by atoms with Gasteiger partial charge < -0.3 is 10.8 Å². The van der Waals surface area contributed by atoms with Crippen LogP contribution in [0.4, 0.5) is 0 Å². The van der Waals surface area contributed by atoms with Crippen molar-refractivity contribution in [3.63, 3.8) is 0 Å². The van der Waals surface area contributed by atoms with Gasteiger partial charge in [-0.25, -0.2) is 0 Å². The van der Waals surface area contributed by atoms with Crippen molar-refractivity contribution in [2.24, 2.45) is 46.2 Å². The molecule has 4 saturated carbocycles. The molecule has 2 nitrogen and oxygen atoms in total. The second-order valence-electron chi connectivity index (χ2n) is 11.6. The summed E-state index contributed by atoms with van der Waals surface area (Å²) in [7, 11) is 0. The van der Waals surface area contributed by atoms with Crippen LogP contribution in [-0.2, 0) is 0 Å². The number of nitrogens with two attached hydrogens (primary N) is 1. The molecule has 0 spiro atoms. The molecule has 0 radical (unpaired) electrons. The van der Waals surface area contributed by atoms with Crippen molar-refractivity contribution in [2.75, 3.05) is 0 Å². The summed E-state index contributed by atoms with van der Waals surface area (Å²) < 4.78 is 0. The molecule has 0 heterocycles. The molecular formula is C25H45NO. The van der Waals surface area contributed by atoms with Crippen LogP contribution in [0.3, 0.4) is 0 Å². The van der Waals surface area contributed by atoms with Crippen LogP contribution in [0.2, 0.25) is 0 Å². The van der Waals surface area contributed by atoms with E-state index >= 15 is 0 Å². The molecule has 4 fully saturated rings. The number of rotatable bonds is 4. The molecule has 0 aromatic carbocycles. The summed E-state index contributed by atoms with van der Waals surface area (Å²) in [5.74, 6) is 3.96. The first-order valence-corrected chi connectivity index (χ1v) is 12.3. The van der Waals surface area contributed by atoms with E-state index in [2.05, 4.69) is 27.7 Å². The number of hydrogen-bond donors (Lipinski definition) is 2. The summed E-state index contributed by atoms with van der Waals surface area (Å²) in [4.78, 5) is 0. The average molecular weight is 376 g/mol. The van der Waals surface area contributed by atoms with E-state index in [1.54, 1.807) is 0 Å². The monoisotopic (exact) mass is 375 g/mol. The second-order valence-corrected chi connectivity index (χ2v) is 11.6. The zero-order valence-electron chi connectivity index (χ0n) is 18.5. The molecule has 0 amide bonds. The van der Waals surface area contributed by atoms with Crippen LogP contribution < -0.4 is 5.73 Å². The van der Waals surface area contributed by atoms with Crippen LogP contribution in [0.15, 0.2) is 0 Å². The van der Waals surface area contributed by atoms with E-state index in [1.165, 1.54) is 64.2 Å². The predicted molar refractivity (Wildman–Crippen MR) is 113 cm³/mol. The third-order valence-electron chi connectivity index (χ3n) is 10.9. The first-order valence-electron chi connectivity index (χ1n) is 12.3. The lowest BCUT2D eigenvalue weighted by Crippen LogP contribution is -2.71. The van der Waals surface area contributed by atoms with Crippen molar-refractivity contribution in [1.29, 1.82) is 0 Å². The highest BCUT2D eigenvalue weighted by Gasteiger charge is 2.66. The van der Waals surface area contributed by atoms with Gasteiger partial charge in [-0.15, -0.1) is 0 Å². The molecule has 156 valence electrons. The lowest BCUT2D eigenvalue weighted by Gasteiger charge is -2.67. The highest BCUT2D eigenvalue weighted by Crippen LogP contribution is 2.69. The summed E-state index contributed by atoms with van der Waals surface area (Å²) in [6.45, 7) is 9.99. The standard InChI is InChI=1S/C25H45NO/c1-5-6-7-10-18-11-12-20-19-16-22(27)25(26)14-9-8-13-23(25,3)21(19)15-17(2)24(18,20)4/h17-22,27H,5-16,26H2,1-4H3/t17-,18-,19?,20?,21?,22+,23+,24+,25+/m0/s1. The summed E-state index contributed by atoms with van der Waals surface area (Å²) >= 11 is 0. The van der Waals surface area contributed by atoms with Gasteiger partial charge in [-0.3, -0.25) is 0 Å². The summed E-state index contributed by atoms with van der Waals surface area (Å²) in [6.07, 6.45) is 15.2. The lowest BCUT2D eigenvalue weighted by molar-refractivity contribution is -0.183. The SMILES string of the molecule is CCCCC[C@H]1CCC2C3C[C@@H](O)[C@]4(N)CCCC[C@]4(C)C3C[C@H](C)[C@@]21C. The topological polar surface area (TPSA) is 46.2 Å². The Morgan fingerprint density at radius 3 is 2.48 bits per heavy atom. The van der Waals surface area contributed by atoms with Crippen molar-refractivity contribution in [3.05, 3.63) is 0 Å². The number of aliphatic hydroxyl groups excluding tert-OH is 1. The third-order valence-corrected chi connectivity index (χ3v) is 10.9. The normalized spacial score (nSPS) is 54.9. The van der Waals surface area contributed by atoms with E-state index in [0.717, 1.165) is 36.5 Å². The van der Waals surface area contributed by atoms with Crippen LogP contribution in [0, 0.1) is 40.4 Å². The van der Waals surface area contributed by atoms with Crippen LogP contribution in [-0.4, -0.2) is 16.7 Å². The Bertz CT molecular complexity index is 548. The maximum atomic E-state index is 11.3. The Morgan fingerprint density at radius 2 is 1.74 bits per heavy atom. The lowest BCUT2D eigenvalue weighted by atomic mass is 9.40. The van der Waals surface area contributed by atoms with Crippen molar-refractivity contribution in [1.82, 2.24) is 0 Å². The van der Waals surface area contributed by atoms with E-state index in [-0.39, 0.29) is 17.1 Å². The first-order chi connectivity index (χ1) is 12.8. The van der Waals surface area contributed by atoms with Gasteiger partial charge in [0.1, 0.15) is 0 Å². The molecule has 2 heteroatoms. The Morgan fingerprint density at radius 1 is 1.00 bits per heavy atom. The van der Waals surface area contributed by atoms with Crippen molar-refractivity contribution >= 4 is 0 Å². The molecule has 0 aromatic heterocycles. The number of aliphatic hydroxyl groups is 1. The zero-order valence-corrected chi connectivity index (χ0v) is 18.5. The van der Waals surface area contributed by atoms with E-state index < -0.39 is 0 Å². The Hall–Kier alpha value is -0.0800. The minimum Gasteiger partial charge on any atom is -0.391 e. The molecule has 4 rings (SSSR count). The zero-order chi connectivity index (χ0) is 19.4. The first kappa shape index (κ1) is 20.2. The van der Waals surface area contributed by atoms with Gasteiger partial charge in [-0.2, -0.15) is 0 Å². The summed E-state index contributed by atoms with van der Waals surface area (Å²) in [5, 5.41) is 11.3. The van der Waals surface area contributed by atoms with E-state index in [0.29, 0.717) is 11.3 Å². The van der Waals surface area contributed by atoms with Gasteiger partial charge in [-0.05, 0) is 85.4 Å². The van der Waals surface area contributed by atoms with Crippen LogP contribution in [0.25, 0.3) is 0 Å². The van der Waals surface area contributed by atoms with Crippen molar-refractivity contribution in [3.8, 4) is 0 Å². The van der Waals surface area contributed by atoms with Gasteiger partial charge in [0, 0.05) is 5.54 Å². The quantitative estimate of drug-likeness (QED) is 0.600. The summed E-state index contributed by atoms with van der Waals surface area (Å²) in [6, 6.07) is 0. The molecule has 9 atom stereocenters. The fraction of sp³-hybridized carbons (Fsp3) is 1.00. The largest absolute Gasteiger partial charge is 0.391 e. The van der Waals surface area contributed by atoms with Gasteiger partial charge in [0.15, 0.2) is 0 Å². The fourth-order valence-corrected chi connectivity index (χ4v) is 8.97. The predicted octanol–water partition coefficient (Wildman–Crippen LogP) is 5.91. The Kier molecular flexibility index (Phi) is 5.25. The van der Waals surface area contributed by atoms with E-state index in [4.69, 9.17) is 5.73 Å². The van der Waals surface area contributed by atoms with Gasteiger partial charge in [-0.1, -0.05) is 59.8 Å². The highest BCUT2D eigenvalue weighted by atomic mass is 16.3. The molecule has 3 N–H and O–H groups in total. The second kappa shape index (κ2) is 7.01. The molecule has 0 aromatic rings.